The van der Waals surface area contributed by atoms with E-state index < -0.39 is 0 Å². The van der Waals surface area contributed by atoms with Crippen LogP contribution in [0.5, 0.6) is 0 Å². The van der Waals surface area contributed by atoms with Gasteiger partial charge in [-0.3, -0.25) is 4.79 Å². The fourth-order valence-corrected chi connectivity index (χ4v) is 2.83. The first-order valence-electron chi connectivity index (χ1n) is 5.19. The minimum Gasteiger partial charge on any atom is -0.347 e. The van der Waals surface area contributed by atoms with Crippen LogP contribution in [0.3, 0.4) is 0 Å². The Morgan fingerprint density at radius 2 is 2.06 bits per heavy atom. The Hall–Kier alpha value is -0.250. The second-order valence-corrected chi connectivity index (χ2v) is 6.04. The summed E-state index contributed by atoms with van der Waals surface area (Å²) in [4.78, 5) is 12.0. The molecule has 0 fully saturated rings. The first-order chi connectivity index (χ1) is 7.85. The highest BCUT2D eigenvalue weighted by Crippen LogP contribution is 2.22. The molecule has 0 aliphatic rings. The van der Waals surface area contributed by atoms with Crippen LogP contribution in [0.25, 0.3) is 0 Å². The van der Waals surface area contributed by atoms with Gasteiger partial charge < -0.3 is 5.32 Å². The van der Waals surface area contributed by atoms with Crippen LogP contribution in [0.15, 0.2) is 18.2 Å². The highest BCUT2D eigenvalue weighted by Gasteiger charge is 2.21. The van der Waals surface area contributed by atoms with E-state index in [-0.39, 0.29) is 11.4 Å². The molecule has 0 spiro atoms. The molecule has 0 saturated carbocycles. The normalized spacial score (nSPS) is 11.4. The van der Waals surface area contributed by atoms with Gasteiger partial charge in [0.25, 0.3) is 5.91 Å². The smallest absolute Gasteiger partial charge is 0.253 e. The van der Waals surface area contributed by atoms with Gasteiger partial charge in [-0.2, -0.15) is 0 Å². The zero-order valence-corrected chi connectivity index (χ0v) is 12.8. The van der Waals surface area contributed by atoms with Crippen LogP contribution in [-0.4, -0.2) is 16.8 Å². The lowest BCUT2D eigenvalue weighted by Gasteiger charge is -2.25. The molecule has 5 heteroatoms. The maximum atomic E-state index is 12.0. The van der Waals surface area contributed by atoms with E-state index in [4.69, 9.17) is 23.2 Å². The summed E-state index contributed by atoms with van der Waals surface area (Å²) in [5.41, 5.74) is 0.169. The van der Waals surface area contributed by atoms with Gasteiger partial charge in [0.15, 0.2) is 0 Å². The molecule has 2 nitrogen and oxygen atoms in total. The number of rotatable bonds is 4. The molecule has 1 rings (SSSR count). The summed E-state index contributed by atoms with van der Waals surface area (Å²) in [5, 5.41) is 4.65. The molecule has 1 amide bonds. The summed E-state index contributed by atoms with van der Waals surface area (Å²) >= 11 is 15.1. The predicted molar refractivity (Wildman–Crippen MR) is 76.4 cm³/mol. The summed E-state index contributed by atoms with van der Waals surface area (Å²) in [6, 6.07) is 4.85. The second kappa shape index (κ2) is 6.07. The van der Waals surface area contributed by atoms with Gasteiger partial charge in [0.2, 0.25) is 0 Å². The van der Waals surface area contributed by atoms with Gasteiger partial charge in [-0.15, -0.1) is 0 Å². The molecule has 0 aliphatic heterocycles. The molecule has 0 aliphatic carbocycles. The van der Waals surface area contributed by atoms with E-state index in [1.807, 2.05) is 13.8 Å². The van der Waals surface area contributed by atoms with Crippen molar-refractivity contribution in [1.29, 1.82) is 0 Å². The Morgan fingerprint density at radius 1 is 1.41 bits per heavy atom. The van der Waals surface area contributed by atoms with Crippen LogP contribution in [0.1, 0.15) is 30.6 Å². The quantitative estimate of drug-likeness (QED) is 0.815. The van der Waals surface area contributed by atoms with Crippen molar-refractivity contribution in [3.8, 4) is 0 Å². The molecule has 0 heterocycles. The van der Waals surface area contributed by atoms with Gasteiger partial charge in [0.05, 0.1) is 10.6 Å². The van der Waals surface area contributed by atoms with E-state index in [0.29, 0.717) is 15.6 Å². The molecule has 0 saturated heterocycles. The lowest BCUT2D eigenvalue weighted by Crippen LogP contribution is -2.43. The Bertz CT molecular complexity index is 421. The van der Waals surface area contributed by atoms with Crippen molar-refractivity contribution in [3.05, 3.63) is 33.8 Å². The zero-order chi connectivity index (χ0) is 13.1. The van der Waals surface area contributed by atoms with E-state index in [0.717, 1.165) is 11.8 Å². The number of amides is 1. The van der Waals surface area contributed by atoms with E-state index in [2.05, 4.69) is 21.2 Å². The summed E-state index contributed by atoms with van der Waals surface area (Å²) in [7, 11) is 0. The van der Waals surface area contributed by atoms with Gasteiger partial charge >= 0.3 is 0 Å². The molecule has 0 atom stereocenters. The maximum absolute atomic E-state index is 12.0. The van der Waals surface area contributed by atoms with E-state index >= 15 is 0 Å². The van der Waals surface area contributed by atoms with Gasteiger partial charge in [0, 0.05) is 15.9 Å². The molecule has 0 bridgehead atoms. The van der Waals surface area contributed by atoms with Crippen LogP contribution >= 0.6 is 39.1 Å². The molecular formula is C12H14BrCl2NO. The highest BCUT2D eigenvalue weighted by atomic mass is 79.9. The summed E-state index contributed by atoms with van der Waals surface area (Å²) in [6.07, 6.45) is 0.837. The Kier molecular flexibility index (Phi) is 5.29. The summed E-state index contributed by atoms with van der Waals surface area (Å²) in [5.74, 6) is -0.183. The third-order valence-electron chi connectivity index (χ3n) is 2.35. The number of benzene rings is 1. The van der Waals surface area contributed by atoms with Crippen LogP contribution in [-0.2, 0) is 0 Å². The van der Waals surface area contributed by atoms with Crippen molar-refractivity contribution >= 4 is 45.0 Å². The van der Waals surface area contributed by atoms with E-state index in [1.165, 1.54) is 0 Å². The van der Waals surface area contributed by atoms with E-state index in [1.54, 1.807) is 18.2 Å². The Balaban J connectivity index is 2.83. The Morgan fingerprint density at radius 3 is 2.59 bits per heavy atom. The van der Waals surface area contributed by atoms with Crippen molar-refractivity contribution in [2.24, 2.45) is 0 Å². The minimum absolute atomic E-state index is 0.183. The topological polar surface area (TPSA) is 29.1 Å². The number of alkyl halides is 1. The van der Waals surface area contributed by atoms with Crippen molar-refractivity contribution < 1.29 is 4.79 Å². The summed E-state index contributed by atoms with van der Waals surface area (Å²) in [6.45, 7) is 3.94. The van der Waals surface area contributed by atoms with Crippen LogP contribution < -0.4 is 5.32 Å². The number of hydrogen-bond acceptors (Lipinski definition) is 1. The molecule has 0 unspecified atom stereocenters. The highest BCUT2D eigenvalue weighted by molar-refractivity contribution is 9.09. The predicted octanol–water partition coefficient (Wildman–Crippen LogP) is 4.29. The maximum Gasteiger partial charge on any atom is 0.253 e. The minimum atomic E-state index is -0.274. The molecule has 1 aromatic rings. The number of carbonyl (C=O) groups excluding carboxylic acids is 1. The average Bonchev–Trinajstić information content (AvgIpc) is 2.15. The number of halogens is 3. The van der Waals surface area contributed by atoms with Gasteiger partial charge in [0.1, 0.15) is 0 Å². The fourth-order valence-electron chi connectivity index (χ4n) is 1.35. The monoisotopic (exact) mass is 337 g/mol. The van der Waals surface area contributed by atoms with Crippen molar-refractivity contribution in [1.82, 2.24) is 5.32 Å². The van der Waals surface area contributed by atoms with Crippen molar-refractivity contribution in [3.63, 3.8) is 0 Å². The molecule has 94 valence electrons. The molecule has 0 aromatic heterocycles. The van der Waals surface area contributed by atoms with E-state index in [9.17, 15) is 4.79 Å². The van der Waals surface area contributed by atoms with Crippen molar-refractivity contribution in [2.45, 2.75) is 25.8 Å². The van der Waals surface area contributed by atoms with Crippen LogP contribution in [0.2, 0.25) is 10.0 Å². The zero-order valence-electron chi connectivity index (χ0n) is 9.69. The molecule has 17 heavy (non-hydrogen) atoms. The van der Waals surface area contributed by atoms with Crippen LogP contribution in [0.4, 0.5) is 0 Å². The number of carbonyl (C=O) groups is 1. The number of hydrogen-bond donors (Lipinski definition) is 1. The molecular weight excluding hydrogens is 325 g/mol. The van der Waals surface area contributed by atoms with Crippen LogP contribution in [0, 0.1) is 0 Å². The SMILES string of the molecule is CC(C)(CCBr)NC(=O)c1ccc(Cl)cc1Cl. The van der Waals surface area contributed by atoms with Gasteiger partial charge in [-0.1, -0.05) is 39.1 Å². The van der Waals surface area contributed by atoms with Gasteiger partial charge in [-0.25, -0.2) is 0 Å². The standard InChI is InChI=1S/C12H14BrCl2NO/c1-12(2,5-6-13)16-11(17)9-4-3-8(14)7-10(9)15/h3-4,7H,5-6H2,1-2H3,(H,16,17). The first-order valence-corrected chi connectivity index (χ1v) is 7.07. The van der Waals surface area contributed by atoms with Crippen molar-refractivity contribution in [2.75, 3.05) is 5.33 Å². The fraction of sp³-hybridized carbons (Fsp3) is 0.417. The third kappa shape index (κ3) is 4.49. The lowest BCUT2D eigenvalue weighted by atomic mass is 10.0. The molecule has 1 aromatic carbocycles. The molecule has 1 N–H and O–H groups in total. The summed E-state index contributed by atoms with van der Waals surface area (Å²) < 4.78 is 0. The van der Waals surface area contributed by atoms with Gasteiger partial charge in [-0.05, 0) is 38.5 Å². The first kappa shape index (κ1) is 14.8. The third-order valence-corrected chi connectivity index (χ3v) is 3.29. The number of nitrogens with one attached hydrogen (secondary N) is 1. The molecule has 0 radical (unpaired) electrons. The lowest BCUT2D eigenvalue weighted by molar-refractivity contribution is 0.0912. The second-order valence-electron chi connectivity index (χ2n) is 4.40. The average molecular weight is 339 g/mol. The Labute approximate surface area is 120 Å². The largest absolute Gasteiger partial charge is 0.347 e.